The van der Waals surface area contributed by atoms with Crippen molar-refractivity contribution in [3.63, 3.8) is 0 Å². The van der Waals surface area contributed by atoms with Gasteiger partial charge in [0.05, 0.1) is 6.61 Å². The lowest BCUT2D eigenvalue weighted by molar-refractivity contribution is -0.149. The third-order valence-corrected chi connectivity index (χ3v) is 3.01. The second-order valence-electron chi connectivity index (χ2n) is 4.12. The van der Waals surface area contributed by atoms with E-state index in [2.05, 4.69) is 17.9 Å². The lowest BCUT2D eigenvalue weighted by atomic mass is 10.0. The molecule has 0 aromatic rings. The van der Waals surface area contributed by atoms with Crippen LogP contribution in [-0.2, 0) is 19.1 Å². The van der Waals surface area contributed by atoms with Crippen molar-refractivity contribution in [3.05, 3.63) is 0 Å². The maximum absolute atomic E-state index is 11.6. The van der Waals surface area contributed by atoms with Gasteiger partial charge in [-0.05, 0) is 18.8 Å². The summed E-state index contributed by atoms with van der Waals surface area (Å²) in [4.78, 5) is 22.5. The fourth-order valence-electron chi connectivity index (χ4n) is 1.64. The highest BCUT2D eigenvalue weighted by atomic mass is 32.1. The van der Waals surface area contributed by atoms with Crippen molar-refractivity contribution in [2.24, 2.45) is 5.92 Å². The summed E-state index contributed by atoms with van der Waals surface area (Å²) in [6.07, 6.45) is 1.83. The molecule has 1 saturated heterocycles. The van der Waals surface area contributed by atoms with Crippen molar-refractivity contribution in [3.8, 4) is 0 Å². The Kier molecular flexibility index (Phi) is 6.36. The van der Waals surface area contributed by atoms with Gasteiger partial charge in [0.15, 0.2) is 0 Å². The molecule has 0 aliphatic carbocycles. The van der Waals surface area contributed by atoms with E-state index in [1.165, 1.54) is 6.92 Å². The molecule has 0 aromatic heterocycles. The van der Waals surface area contributed by atoms with Crippen LogP contribution in [0.2, 0.25) is 0 Å². The van der Waals surface area contributed by atoms with Crippen LogP contribution in [-0.4, -0.2) is 43.5 Å². The van der Waals surface area contributed by atoms with E-state index in [0.717, 1.165) is 26.1 Å². The maximum atomic E-state index is 11.6. The quantitative estimate of drug-likeness (QED) is 0.555. The molecule has 0 aromatic carbocycles. The second kappa shape index (κ2) is 7.55. The zero-order valence-electron chi connectivity index (χ0n) is 9.98. The normalized spacial score (nSPS) is 18.5. The lowest BCUT2D eigenvalue weighted by Crippen LogP contribution is -2.42. The van der Waals surface area contributed by atoms with Crippen LogP contribution in [0.25, 0.3) is 0 Å². The number of carbonyl (C=O) groups excluding carboxylic acids is 2. The molecule has 17 heavy (non-hydrogen) atoms. The molecule has 0 saturated carbocycles. The Balaban J connectivity index is 2.28. The van der Waals surface area contributed by atoms with Gasteiger partial charge in [-0.1, -0.05) is 0 Å². The Morgan fingerprint density at radius 1 is 1.47 bits per heavy atom. The Labute approximate surface area is 107 Å². The zero-order valence-corrected chi connectivity index (χ0v) is 10.9. The van der Waals surface area contributed by atoms with Gasteiger partial charge in [0.2, 0.25) is 5.91 Å². The van der Waals surface area contributed by atoms with Gasteiger partial charge >= 0.3 is 5.97 Å². The molecular weight excluding hydrogens is 242 g/mol. The molecule has 0 bridgehead atoms. The summed E-state index contributed by atoms with van der Waals surface area (Å²) in [6, 6.07) is -0.657. The second-order valence-corrected chi connectivity index (χ2v) is 4.49. The number of ether oxygens (including phenoxy) is 2. The minimum Gasteiger partial charge on any atom is -0.464 e. The Morgan fingerprint density at radius 2 is 2.12 bits per heavy atom. The van der Waals surface area contributed by atoms with E-state index in [1.54, 1.807) is 0 Å². The molecule has 1 aliphatic rings. The smallest absolute Gasteiger partial charge is 0.329 e. The molecule has 1 amide bonds. The van der Waals surface area contributed by atoms with E-state index < -0.39 is 12.0 Å². The zero-order chi connectivity index (χ0) is 12.7. The Morgan fingerprint density at radius 3 is 2.65 bits per heavy atom. The predicted octanol–water partition coefficient (Wildman–Crippen LogP) is 0.391. The number of nitrogens with one attached hydrogen (secondary N) is 1. The average molecular weight is 261 g/mol. The summed E-state index contributed by atoms with van der Waals surface area (Å²) in [7, 11) is 0. The van der Waals surface area contributed by atoms with Crippen LogP contribution in [0.5, 0.6) is 0 Å². The average Bonchev–Trinajstić information content (AvgIpc) is 2.34. The summed E-state index contributed by atoms with van der Waals surface area (Å²) in [5.41, 5.74) is 0. The van der Waals surface area contributed by atoms with E-state index in [0.29, 0.717) is 12.5 Å². The monoisotopic (exact) mass is 261 g/mol. The van der Waals surface area contributed by atoms with Crippen LogP contribution < -0.4 is 5.32 Å². The first kappa shape index (κ1) is 14.3. The van der Waals surface area contributed by atoms with Crippen molar-refractivity contribution < 1.29 is 19.1 Å². The summed E-state index contributed by atoms with van der Waals surface area (Å²) >= 11 is 4.01. The first-order valence-electron chi connectivity index (χ1n) is 5.75. The first-order valence-corrected chi connectivity index (χ1v) is 6.39. The highest BCUT2D eigenvalue weighted by molar-refractivity contribution is 7.80. The molecular formula is C11H19NO4S. The summed E-state index contributed by atoms with van der Waals surface area (Å²) in [5.74, 6) is -0.0639. The molecule has 1 heterocycles. The van der Waals surface area contributed by atoms with E-state index in [9.17, 15) is 9.59 Å². The first-order chi connectivity index (χ1) is 8.13. The molecule has 1 rings (SSSR count). The largest absolute Gasteiger partial charge is 0.464 e. The summed E-state index contributed by atoms with van der Waals surface area (Å²) in [5, 5.41) is 2.50. The molecule has 5 nitrogen and oxygen atoms in total. The third kappa shape index (κ3) is 5.41. The molecule has 1 aliphatic heterocycles. The van der Waals surface area contributed by atoms with Gasteiger partial charge in [0.1, 0.15) is 6.04 Å². The molecule has 6 heteroatoms. The van der Waals surface area contributed by atoms with Gasteiger partial charge in [0, 0.05) is 25.9 Å². The van der Waals surface area contributed by atoms with Gasteiger partial charge in [-0.3, -0.25) is 4.79 Å². The van der Waals surface area contributed by atoms with Crippen LogP contribution in [0, 0.1) is 5.92 Å². The van der Waals surface area contributed by atoms with Crippen molar-refractivity contribution >= 4 is 24.5 Å². The number of hydrogen-bond acceptors (Lipinski definition) is 5. The van der Waals surface area contributed by atoms with Gasteiger partial charge < -0.3 is 14.8 Å². The highest BCUT2D eigenvalue weighted by Crippen LogP contribution is 2.15. The highest BCUT2D eigenvalue weighted by Gasteiger charge is 2.21. The minimum atomic E-state index is -0.657. The van der Waals surface area contributed by atoms with E-state index in [1.807, 2.05) is 0 Å². The third-order valence-electron chi connectivity index (χ3n) is 2.65. The van der Waals surface area contributed by atoms with Crippen molar-refractivity contribution in [2.45, 2.75) is 25.8 Å². The van der Waals surface area contributed by atoms with Gasteiger partial charge in [-0.15, -0.1) is 0 Å². The fraction of sp³-hybridized carbons (Fsp3) is 0.818. The van der Waals surface area contributed by atoms with Crippen LogP contribution in [0.15, 0.2) is 0 Å². The Hall–Kier alpha value is -0.750. The number of rotatable bonds is 5. The van der Waals surface area contributed by atoms with E-state index in [-0.39, 0.29) is 11.7 Å². The number of amides is 1. The molecule has 1 atom stereocenters. The van der Waals surface area contributed by atoms with Crippen molar-refractivity contribution in [1.29, 1.82) is 0 Å². The maximum Gasteiger partial charge on any atom is 0.329 e. The van der Waals surface area contributed by atoms with E-state index >= 15 is 0 Å². The van der Waals surface area contributed by atoms with Gasteiger partial charge in [-0.25, -0.2) is 4.79 Å². The number of hydrogen-bond donors (Lipinski definition) is 2. The molecule has 1 fully saturated rings. The molecule has 0 radical (unpaired) electrons. The van der Waals surface area contributed by atoms with Gasteiger partial charge in [-0.2, -0.15) is 12.6 Å². The van der Waals surface area contributed by atoms with Crippen molar-refractivity contribution in [2.75, 3.05) is 25.6 Å². The molecule has 0 unspecified atom stereocenters. The number of carbonyl (C=O) groups is 2. The summed E-state index contributed by atoms with van der Waals surface area (Å²) < 4.78 is 10.4. The number of esters is 1. The van der Waals surface area contributed by atoms with Gasteiger partial charge in [0.25, 0.3) is 0 Å². The fourth-order valence-corrected chi connectivity index (χ4v) is 1.88. The molecule has 98 valence electrons. The van der Waals surface area contributed by atoms with Crippen LogP contribution in [0.1, 0.15) is 19.8 Å². The minimum absolute atomic E-state index is 0.242. The SMILES string of the molecule is CC(=O)N[C@@H](CS)C(=O)OCC1CCOCC1. The molecule has 0 spiro atoms. The van der Waals surface area contributed by atoms with Crippen molar-refractivity contribution in [1.82, 2.24) is 5.32 Å². The lowest BCUT2D eigenvalue weighted by Gasteiger charge is -2.22. The topological polar surface area (TPSA) is 64.6 Å². The standard InChI is InChI=1S/C11H19NO4S/c1-8(13)12-10(7-17)11(14)16-6-9-2-4-15-5-3-9/h9-10,17H,2-7H2,1H3,(H,12,13)/t10-/m0/s1. The predicted molar refractivity (Wildman–Crippen MR) is 66.0 cm³/mol. The summed E-state index contributed by atoms with van der Waals surface area (Å²) in [6.45, 7) is 3.21. The van der Waals surface area contributed by atoms with Crippen LogP contribution in [0.3, 0.4) is 0 Å². The van der Waals surface area contributed by atoms with E-state index in [4.69, 9.17) is 9.47 Å². The number of thiol groups is 1. The molecule has 1 N–H and O–H groups in total. The Bertz CT molecular complexity index is 266. The van der Waals surface area contributed by atoms with Crippen LogP contribution >= 0.6 is 12.6 Å². The van der Waals surface area contributed by atoms with Crippen LogP contribution in [0.4, 0.5) is 0 Å².